The topological polar surface area (TPSA) is 56.8 Å². The van der Waals surface area contributed by atoms with Gasteiger partial charge in [0.25, 0.3) is 5.91 Å². The molecule has 0 fully saturated rings. The molecule has 0 aromatic heterocycles. The molecule has 0 aliphatic carbocycles. The quantitative estimate of drug-likeness (QED) is 0.712. The minimum absolute atomic E-state index is 0.189. The standard InChI is InChI=1S/C19H23NO4/c1-3-10-23-17-8-4-6-15(13-17)19(21)20-16-7-5-9-18(14-16)24-12-11-22-2/h4-9,13-14H,3,10-12H2,1-2H3,(H,20,21). The van der Waals surface area contributed by atoms with E-state index in [-0.39, 0.29) is 5.91 Å². The summed E-state index contributed by atoms with van der Waals surface area (Å²) in [5.74, 6) is 1.19. The molecule has 1 N–H and O–H groups in total. The Hall–Kier alpha value is -2.53. The monoisotopic (exact) mass is 329 g/mol. The molecule has 24 heavy (non-hydrogen) atoms. The van der Waals surface area contributed by atoms with Crippen LogP contribution in [0.4, 0.5) is 5.69 Å². The predicted octanol–water partition coefficient (Wildman–Crippen LogP) is 3.75. The zero-order chi connectivity index (χ0) is 17.2. The summed E-state index contributed by atoms with van der Waals surface area (Å²) in [5, 5.41) is 2.87. The lowest BCUT2D eigenvalue weighted by Crippen LogP contribution is -2.12. The normalized spacial score (nSPS) is 10.2. The molecule has 5 nitrogen and oxygen atoms in total. The molecule has 2 aromatic rings. The molecule has 0 aliphatic heterocycles. The number of anilines is 1. The molecule has 1 amide bonds. The van der Waals surface area contributed by atoms with E-state index in [4.69, 9.17) is 14.2 Å². The first-order valence-electron chi connectivity index (χ1n) is 7.99. The molecular formula is C19H23NO4. The van der Waals surface area contributed by atoms with Crippen molar-refractivity contribution in [3.05, 3.63) is 54.1 Å². The first kappa shape index (κ1) is 17.8. The van der Waals surface area contributed by atoms with Crippen LogP contribution in [-0.4, -0.2) is 32.8 Å². The van der Waals surface area contributed by atoms with Crippen LogP contribution in [-0.2, 0) is 4.74 Å². The summed E-state index contributed by atoms with van der Waals surface area (Å²) < 4.78 is 16.0. The average molecular weight is 329 g/mol. The lowest BCUT2D eigenvalue weighted by Gasteiger charge is -2.10. The van der Waals surface area contributed by atoms with E-state index in [2.05, 4.69) is 5.32 Å². The Morgan fingerprint density at radius 2 is 1.67 bits per heavy atom. The van der Waals surface area contributed by atoms with Crippen LogP contribution in [0.2, 0.25) is 0 Å². The lowest BCUT2D eigenvalue weighted by atomic mass is 10.2. The van der Waals surface area contributed by atoms with Crippen LogP contribution in [0, 0.1) is 0 Å². The second kappa shape index (κ2) is 9.57. The average Bonchev–Trinajstić information content (AvgIpc) is 2.61. The third-order valence-corrected chi connectivity index (χ3v) is 3.22. The molecule has 0 saturated carbocycles. The van der Waals surface area contributed by atoms with Gasteiger partial charge in [0.05, 0.1) is 13.2 Å². The largest absolute Gasteiger partial charge is 0.494 e. The van der Waals surface area contributed by atoms with Crippen molar-refractivity contribution < 1.29 is 19.0 Å². The van der Waals surface area contributed by atoms with Gasteiger partial charge in [0.15, 0.2) is 0 Å². The number of methoxy groups -OCH3 is 1. The van der Waals surface area contributed by atoms with Crippen molar-refractivity contribution >= 4 is 11.6 Å². The Morgan fingerprint density at radius 1 is 0.958 bits per heavy atom. The molecule has 0 heterocycles. The Labute approximate surface area is 142 Å². The van der Waals surface area contributed by atoms with Crippen LogP contribution in [0.1, 0.15) is 23.7 Å². The highest BCUT2D eigenvalue weighted by molar-refractivity contribution is 6.04. The SMILES string of the molecule is CCCOc1cccc(C(=O)Nc2cccc(OCCOC)c2)c1. The van der Waals surface area contributed by atoms with Crippen LogP contribution in [0.15, 0.2) is 48.5 Å². The number of nitrogens with one attached hydrogen (secondary N) is 1. The maximum absolute atomic E-state index is 12.4. The Kier molecular flexibility index (Phi) is 7.11. The second-order valence-corrected chi connectivity index (χ2v) is 5.20. The van der Waals surface area contributed by atoms with Gasteiger partial charge in [0, 0.05) is 24.4 Å². The second-order valence-electron chi connectivity index (χ2n) is 5.20. The molecule has 0 radical (unpaired) electrons. The first-order valence-corrected chi connectivity index (χ1v) is 7.99. The highest BCUT2D eigenvalue weighted by atomic mass is 16.5. The zero-order valence-corrected chi connectivity index (χ0v) is 14.1. The van der Waals surface area contributed by atoms with Crippen LogP contribution in [0.3, 0.4) is 0 Å². The van der Waals surface area contributed by atoms with Crippen molar-refractivity contribution in [1.82, 2.24) is 0 Å². The lowest BCUT2D eigenvalue weighted by molar-refractivity contribution is 0.102. The highest BCUT2D eigenvalue weighted by Crippen LogP contribution is 2.19. The number of benzene rings is 2. The number of hydrogen-bond donors (Lipinski definition) is 1. The molecule has 128 valence electrons. The fourth-order valence-corrected chi connectivity index (χ4v) is 2.06. The minimum atomic E-state index is -0.189. The Morgan fingerprint density at radius 3 is 2.42 bits per heavy atom. The summed E-state index contributed by atoms with van der Waals surface area (Å²) in [5.41, 5.74) is 1.23. The van der Waals surface area contributed by atoms with Crippen LogP contribution in [0.25, 0.3) is 0 Å². The number of ether oxygens (including phenoxy) is 3. The number of rotatable bonds is 9. The first-order chi connectivity index (χ1) is 11.7. The molecule has 0 saturated heterocycles. The summed E-state index contributed by atoms with van der Waals surface area (Å²) in [7, 11) is 1.62. The van der Waals surface area contributed by atoms with Crippen molar-refractivity contribution in [2.75, 3.05) is 32.2 Å². The maximum atomic E-state index is 12.4. The van der Waals surface area contributed by atoms with Crippen molar-refractivity contribution in [3.8, 4) is 11.5 Å². The Bertz CT molecular complexity index is 657. The van der Waals surface area contributed by atoms with Gasteiger partial charge in [-0.15, -0.1) is 0 Å². The molecule has 0 unspecified atom stereocenters. The third kappa shape index (κ3) is 5.59. The van der Waals surface area contributed by atoms with Gasteiger partial charge in [-0.1, -0.05) is 19.1 Å². The number of amides is 1. The van der Waals surface area contributed by atoms with Crippen LogP contribution >= 0.6 is 0 Å². The van der Waals surface area contributed by atoms with E-state index < -0.39 is 0 Å². The number of hydrogen-bond acceptors (Lipinski definition) is 4. The van der Waals surface area contributed by atoms with E-state index in [9.17, 15) is 4.79 Å². The molecule has 2 aromatic carbocycles. The van der Waals surface area contributed by atoms with E-state index >= 15 is 0 Å². The summed E-state index contributed by atoms with van der Waals surface area (Å²) in [6.45, 7) is 3.65. The zero-order valence-electron chi connectivity index (χ0n) is 14.1. The Balaban J connectivity index is 2.00. The van der Waals surface area contributed by atoms with Crippen LogP contribution < -0.4 is 14.8 Å². The predicted molar refractivity (Wildman–Crippen MR) is 94.0 cm³/mol. The molecule has 0 aliphatic rings. The molecule has 0 atom stereocenters. The van der Waals surface area contributed by atoms with E-state index in [1.165, 1.54) is 0 Å². The molecule has 5 heteroatoms. The third-order valence-electron chi connectivity index (χ3n) is 3.22. The summed E-state index contributed by atoms with van der Waals surface area (Å²) in [6.07, 6.45) is 0.923. The van der Waals surface area contributed by atoms with E-state index in [1.54, 1.807) is 25.3 Å². The van der Waals surface area contributed by atoms with Gasteiger partial charge in [0.1, 0.15) is 18.1 Å². The summed E-state index contributed by atoms with van der Waals surface area (Å²) in [6, 6.07) is 14.4. The van der Waals surface area contributed by atoms with E-state index in [1.807, 2.05) is 37.3 Å². The van der Waals surface area contributed by atoms with E-state index in [0.717, 1.165) is 6.42 Å². The van der Waals surface area contributed by atoms with Crippen molar-refractivity contribution in [3.63, 3.8) is 0 Å². The molecule has 0 spiro atoms. The van der Waals surface area contributed by atoms with Gasteiger partial charge in [-0.3, -0.25) is 4.79 Å². The number of carbonyl (C=O) groups excluding carboxylic acids is 1. The smallest absolute Gasteiger partial charge is 0.255 e. The van der Waals surface area contributed by atoms with Crippen molar-refractivity contribution in [1.29, 1.82) is 0 Å². The molecular weight excluding hydrogens is 306 g/mol. The van der Waals surface area contributed by atoms with Crippen molar-refractivity contribution in [2.45, 2.75) is 13.3 Å². The summed E-state index contributed by atoms with van der Waals surface area (Å²) >= 11 is 0. The molecule has 2 rings (SSSR count). The fraction of sp³-hybridized carbons (Fsp3) is 0.316. The van der Waals surface area contributed by atoms with Gasteiger partial charge in [-0.05, 0) is 36.8 Å². The number of carbonyl (C=O) groups is 1. The maximum Gasteiger partial charge on any atom is 0.255 e. The molecule has 0 bridgehead atoms. The van der Waals surface area contributed by atoms with Gasteiger partial charge in [-0.2, -0.15) is 0 Å². The van der Waals surface area contributed by atoms with Crippen molar-refractivity contribution in [2.24, 2.45) is 0 Å². The highest BCUT2D eigenvalue weighted by Gasteiger charge is 2.08. The summed E-state index contributed by atoms with van der Waals surface area (Å²) in [4.78, 5) is 12.4. The van der Waals surface area contributed by atoms with Gasteiger partial charge < -0.3 is 19.5 Å². The van der Waals surface area contributed by atoms with Gasteiger partial charge in [0.2, 0.25) is 0 Å². The fourth-order valence-electron chi connectivity index (χ4n) is 2.06. The van der Waals surface area contributed by atoms with Gasteiger partial charge >= 0.3 is 0 Å². The minimum Gasteiger partial charge on any atom is -0.494 e. The van der Waals surface area contributed by atoms with E-state index in [0.29, 0.717) is 42.6 Å². The van der Waals surface area contributed by atoms with Gasteiger partial charge in [-0.25, -0.2) is 0 Å². The van der Waals surface area contributed by atoms with Crippen LogP contribution in [0.5, 0.6) is 11.5 Å².